The van der Waals surface area contributed by atoms with E-state index in [-0.39, 0.29) is 25.3 Å². The SMILES string of the molecule is CCS(=O)(=O)N1CC(CC#N)(n2cc(/C(C)=C3\C=CN=C3N)cn2)C1. The Labute approximate surface area is 147 Å². The molecule has 25 heavy (non-hydrogen) atoms. The van der Waals surface area contributed by atoms with Crippen LogP contribution in [0.15, 0.2) is 35.2 Å². The summed E-state index contributed by atoms with van der Waals surface area (Å²) in [6.07, 6.45) is 7.23. The topological polar surface area (TPSA) is 117 Å². The number of aromatic nitrogens is 2. The molecule has 0 amide bonds. The summed E-state index contributed by atoms with van der Waals surface area (Å²) < 4.78 is 27.1. The van der Waals surface area contributed by atoms with Crippen LogP contribution < -0.4 is 5.73 Å². The highest BCUT2D eigenvalue weighted by molar-refractivity contribution is 7.89. The maximum absolute atomic E-state index is 12.0. The molecule has 2 N–H and O–H groups in total. The normalized spacial score (nSPS) is 21.6. The quantitative estimate of drug-likeness (QED) is 0.834. The zero-order valence-corrected chi connectivity index (χ0v) is 15.0. The lowest BCUT2D eigenvalue weighted by Crippen LogP contribution is -2.64. The highest BCUT2D eigenvalue weighted by atomic mass is 32.2. The molecule has 3 heterocycles. The van der Waals surface area contributed by atoms with Gasteiger partial charge in [-0.1, -0.05) is 0 Å². The van der Waals surface area contributed by atoms with Crippen molar-refractivity contribution in [3.05, 3.63) is 35.8 Å². The second kappa shape index (κ2) is 6.13. The molecule has 0 bridgehead atoms. The van der Waals surface area contributed by atoms with E-state index in [9.17, 15) is 13.7 Å². The molecule has 1 aromatic rings. The van der Waals surface area contributed by atoms with Crippen LogP contribution in [0.4, 0.5) is 0 Å². The van der Waals surface area contributed by atoms with Gasteiger partial charge in [0.25, 0.3) is 0 Å². The second-order valence-electron chi connectivity index (χ2n) is 6.27. The first-order valence-electron chi connectivity index (χ1n) is 7.94. The maximum Gasteiger partial charge on any atom is 0.213 e. The lowest BCUT2D eigenvalue weighted by atomic mass is 9.89. The first kappa shape index (κ1) is 17.4. The van der Waals surface area contributed by atoms with E-state index >= 15 is 0 Å². The van der Waals surface area contributed by atoms with Crippen LogP contribution in [0.3, 0.4) is 0 Å². The third-order valence-corrected chi connectivity index (χ3v) is 6.52. The van der Waals surface area contributed by atoms with Crippen LogP contribution in [0.25, 0.3) is 5.57 Å². The lowest BCUT2D eigenvalue weighted by molar-refractivity contribution is 0.0718. The zero-order chi connectivity index (χ0) is 18.2. The van der Waals surface area contributed by atoms with E-state index < -0.39 is 15.6 Å². The van der Waals surface area contributed by atoms with Crippen LogP contribution in [-0.2, 0) is 15.6 Å². The van der Waals surface area contributed by atoms with Gasteiger partial charge >= 0.3 is 0 Å². The highest BCUT2D eigenvalue weighted by Crippen LogP contribution is 2.35. The third kappa shape index (κ3) is 2.88. The predicted octanol–water partition coefficient (Wildman–Crippen LogP) is 0.815. The number of nitriles is 1. The second-order valence-corrected chi connectivity index (χ2v) is 8.53. The Morgan fingerprint density at radius 3 is 2.76 bits per heavy atom. The molecule has 1 fully saturated rings. The Bertz CT molecular complexity index is 926. The van der Waals surface area contributed by atoms with E-state index in [1.54, 1.807) is 24.0 Å². The molecule has 0 saturated carbocycles. The smallest absolute Gasteiger partial charge is 0.213 e. The van der Waals surface area contributed by atoms with Crippen LogP contribution >= 0.6 is 0 Å². The number of amidine groups is 1. The van der Waals surface area contributed by atoms with Gasteiger partial charge in [-0.15, -0.1) is 0 Å². The number of allylic oxidation sites excluding steroid dienone is 1. The van der Waals surface area contributed by atoms with E-state index in [0.29, 0.717) is 5.84 Å². The van der Waals surface area contributed by atoms with Crippen molar-refractivity contribution in [2.75, 3.05) is 18.8 Å². The number of rotatable bonds is 5. The fraction of sp³-hybridized carbons (Fsp3) is 0.438. The monoisotopic (exact) mass is 360 g/mol. The van der Waals surface area contributed by atoms with Gasteiger partial charge in [0.2, 0.25) is 10.0 Å². The number of sulfonamides is 1. The van der Waals surface area contributed by atoms with E-state index in [1.807, 2.05) is 19.2 Å². The molecule has 8 nitrogen and oxygen atoms in total. The first-order valence-corrected chi connectivity index (χ1v) is 9.55. The standard InChI is InChI=1S/C16H20N6O2S/c1-3-25(23,24)21-10-16(11-21,5-6-17)22-9-13(8-20-22)12(2)14-4-7-19-15(14)18/h4,7-9H,3,5,10-11H2,1-2H3,(H2,18,19)/b14-12+. The van der Waals surface area contributed by atoms with Crippen LogP contribution in [0.5, 0.6) is 0 Å². The van der Waals surface area contributed by atoms with Gasteiger partial charge < -0.3 is 5.73 Å². The summed E-state index contributed by atoms with van der Waals surface area (Å²) in [6, 6.07) is 2.16. The van der Waals surface area contributed by atoms with Gasteiger partial charge in [-0.05, 0) is 25.5 Å². The summed E-state index contributed by atoms with van der Waals surface area (Å²) in [4.78, 5) is 4.04. The Balaban J connectivity index is 1.89. The Morgan fingerprint density at radius 1 is 1.48 bits per heavy atom. The van der Waals surface area contributed by atoms with Crippen LogP contribution in [0, 0.1) is 11.3 Å². The summed E-state index contributed by atoms with van der Waals surface area (Å²) in [5.74, 6) is 0.511. The zero-order valence-electron chi connectivity index (χ0n) is 14.2. The van der Waals surface area contributed by atoms with Gasteiger partial charge in [-0.25, -0.2) is 13.4 Å². The number of hydrogen-bond donors (Lipinski definition) is 1. The Hall–Kier alpha value is -2.44. The number of hydrogen-bond acceptors (Lipinski definition) is 6. The van der Waals surface area contributed by atoms with Gasteiger partial charge in [0.15, 0.2) is 0 Å². The minimum absolute atomic E-state index is 0.0517. The molecule has 2 aliphatic rings. The average Bonchev–Trinajstić information content (AvgIpc) is 3.19. The molecule has 0 spiro atoms. The molecule has 1 saturated heterocycles. The summed E-state index contributed by atoms with van der Waals surface area (Å²) in [5.41, 5.74) is 7.89. The number of aliphatic imine (C=N–C) groups is 1. The Morgan fingerprint density at radius 2 is 2.20 bits per heavy atom. The van der Waals surface area contributed by atoms with Crippen molar-refractivity contribution in [1.29, 1.82) is 5.26 Å². The van der Waals surface area contributed by atoms with Crippen molar-refractivity contribution in [3.8, 4) is 6.07 Å². The van der Waals surface area contributed by atoms with E-state index in [1.165, 1.54) is 4.31 Å². The Kier molecular flexibility index (Phi) is 4.26. The molecular weight excluding hydrogens is 340 g/mol. The summed E-state index contributed by atoms with van der Waals surface area (Å²) >= 11 is 0. The third-order valence-electron chi connectivity index (χ3n) is 4.74. The van der Waals surface area contributed by atoms with Crippen molar-refractivity contribution in [3.63, 3.8) is 0 Å². The number of nitrogens with zero attached hydrogens (tertiary/aromatic N) is 5. The number of nitrogens with two attached hydrogens (primary N) is 1. The van der Waals surface area contributed by atoms with Gasteiger partial charge in [-0.3, -0.25) is 4.68 Å². The molecule has 3 rings (SSSR count). The van der Waals surface area contributed by atoms with Gasteiger partial charge in [0.1, 0.15) is 11.4 Å². The van der Waals surface area contributed by atoms with Crippen LogP contribution in [0.1, 0.15) is 25.8 Å². The molecular formula is C16H20N6O2S. The first-order chi connectivity index (χ1) is 11.8. The van der Waals surface area contributed by atoms with Gasteiger partial charge in [0, 0.05) is 36.6 Å². The van der Waals surface area contributed by atoms with E-state index in [2.05, 4.69) is 16.2 Å². The fourth-order valence-corrected chi connectivity index (χ4v) is 4.31. The van der Waals surface area contributed by atoms with E-state index in [0.717, 1.165) is 16.7 Å². The molecule has 2 aliphatic heterocycles. The largest absolute Gasteiger partial charge is 0.383 e. The van der Waals surface area contributed by atoms with E-state index in [4.69, 9.17) is 5.73 Å². The molecule has 0 radical (unpaired) electrons. The van der Waals surface area contributed by atoms with Crippen LogP contribution in [0.2, 0.25) is 0 Å². The lowest BCUT2D eigenvalue weighted by Gasteiger charge is -2.47. The van der Waals surface area contributed by atoms with Crippen molar-refractivity contribution >= 4 is 21.4 Å². The molecule has 9 heteroatoms. The minimum Gasteiger partial charge on any atom is -0.383 e. The summed E-state index contributed by atoms with van der Waals surface area (Å²) in [7, 11) is -3.26. The van der Waals surface area contributed by atoms with Crippen LogP contribution in [-0.4, -0.2) is 47.2 Å². The summed E-state index contributed by atoms with van der Waals surface area (Å²) in [5, 5.41) is 13.6. The fourth-order valence-electron chi connectivity index (χ4n) is 3.07. The molecule has 0 unspecified atom stereocenters. The van der Waals surface area contributed by atoms with Gasteiger partial charge in [-0.2, -0.15) is 14.7 Å². The molecule has 0 atom stereocenters. The molecule has 132 valence electrons. The molecule has 0 aliphatic carbocycles. The average molecular weight is 360 g/mol. The van der Waals surface area contributed by atoms with Crippen molar-refractivity contribution in [1.82, 2.24) is 14.1 Å². The predicted molar refractivity (Wildman–Crippen MR) is 94.8 cm³/mol. The molecule has 0 aromatic carbocycles. The molecule has 1 aromatic heterocycles. The van der Waals surface area contributed by atoms with Crippen molar-refractivity contribution in [2.24, 2.45) is 10.7 Å². The van der Waals surface area contributed by atoms with Gasteiger partial charge in [0.05, 0.1) is 24.4 Å². The van der Waals surface area contributed by atoms with Crippen molar-refractivity contribution in [2.45, 2.75) is 25.8 Å². The summed E-state index contributed by atoms with van der Waals surface area (Å²) in [6.45, 7) is 4.07. The minimum atomic E-state index is -3.26. The van der Waals surface area contributed by atoms with Crippen molar-refractivity contribution < 1.29 is 8.42 Å². The highest BCUT2D eigenvalue weighted by Gasteiger charge is 2.49. The maximum atomic E-state index is 12.0.